The molecule has 0 spiro atoms. The first-order chi connectivity index (χ1) is 13.8. The van der Waals surface area contributed by atoms with E-state index in [1.54, 1.807) is 13.0 Å². The third kappa shape index (κ3) is 6.20. The number of aliphatic hydroxyl groups is 1. The lowest BCUT2D eigenvalue weighted by molar-refractivity contribution is -0.384. The Morgan fingerprint density at radius 3 is 2.55 bits per heavy atom. The number of non-ortho nitro benzene ring substituents is 1. The summed E-state index contributed by atoms with van der Waals surface area (Å²) >= 11 is 0. The van der Waals surface area contributed by atoms with Crippen molar-refractivity contribution in [3.63, 3.8) is 0 Å². The van der Waals surface area contributed by atoms with Crippen LogP contribution >= 0.6 is 0 Å². The molecule has 1 aromatic carbocycles. The maximum Gasteiger partial charge on any atom is 0.269 e. The van der Waals surface area contributed by atoms with Gasteiger partial charge in [0, 0.05) is 63.5 Å². The number of carbonyl (C=O) groups is 1. The Morgan fingerprint density at radius 1 is 1.24 bits per heavy atom. The van der Waals surface area contributed by atoms with Crippen molar-refractivity contribution in [3.8, 4) is 0 Å². The monoisotopic (exact) mass is 406 g/mol. The van der Waals surface area contributed by atoms with Crippen LogP contribution in [0.3, 0.4) is 0 Å². The molecule has 2 aliphatic rings. The van der Waals surface area contributed by atoms with Gasteiger partial charge in [0.15, 0.2) is 0 Å². The summed E-state index contributed by atoms with van der Waals surface area (Å²) in [5.41, 5.74) is 0.614. The Kier molecular flexibility index (Phi) is 7.18. The highest BCUT2D eigenvalue weighted by Gasteiger charge is 2.34. The number of nitro benzene ring substituents is 1. The highest BCUT2D eigenvalue weighted by atomic mass is 16.6. The number of benzene rings is 1. The molecular formula is C20H30N4O5. The van der Waals surface area contributed by atoms with Gasteiger partial charge in [0.25, 0.3) is 5.69 Å². The maximum absolute atomic E-state index is 12.3. The number of aryl methyl sites for hydroxylation is 1. The Morgan fingerprint density at radius 2 is 1.93 bits per heavy atom. The number of ether oxygens (including phenoxy) is 1. The van der Waals surface area contributed by atoms with Gasteiger partial charge in [-0.1, -0.05) is 0 Å². The number of rotatable bonds is 7. The van der Waals surface area contributed by atoms with Crippen LogP contribution in [-0.4, -0.2) is 83.8 Å². The summed E-state index contributed by atoms with van der Waals surface area (Å²) in [6, 6.07) is 4.41. The Hall–Kier alpha value is -2.07. The fourth-order valence-corrected chi connectivity index (χ4v) is 3.90. The summed E-state index contributed by atoms with van der Waals surface area (Å²) in [4.78, 5) is 27.1. The van der Waals surface area contributed by atoms with Crippen LogP contribution in [0.25, 0.3) is 0 Å². The number of nitrogens with one attached hydrogen (secondary N) is 1. The van der Waals surface area contributed by atoms with Gasteiger partial charge < -0.3 is 20.1 Å². The molecule has 0 aromatic heterocycles. The van der Waals surface area contributed by atoms with Crippen LogP contribution in [0.2, 0.25) is 0 Å². The molecule has 29 heavy (non-hydrogen) atoms. The van der Waals surface area contributed by atoms with Gasteiger partial charge in [-0.2, -0.15) is 0 Å². The minimum Gasteiger partial charge on any atom is -0.388 e. The van der Waals surface area contributed by atoms with Gasteiger partial charge >= 0.3 is 0 Å². The van der Waals surface area contributed by atoms with Gasteiger partial charge in [0.05, 0.1) is 23.7 Å². The van der Waals surface area contributed by atoms with Crippen LogP contribution in [0.15, 0.2) is 18.2 Å². The van der Waals surface area contributed by atoms with Crippen molar-refractivity contribution in [2.24, 2.45) is 0 Å². The van der Waals surface area contributed by atoms with Crippen LogP contribution in [-0.2, 0) is 9.53 Å². The fraction of sp³-hybridized carbons (Fsp3) is 0.650. The second kappa shape index (κ2) is 9.62. The van der Waals surface area contributed by atoms with Gasteiger partial charge in [0.1, 0.15) is 0 Å². The molecule has 2 fully saturated rings. The van der Waals surface area contributed by atoms with Gasteiger partial charge in [-0.3, -0.25) is 19.8 Å². The molecule has 9 nitrogen and oxygen atoms in total. The van der Waals surface area contributed by atoms with Gasteiger partial charge in [-0.15, -0.1) is 0 Å². The fourth-order valence-electron chi connectivity index (χ4n) is 3.90. The Bertz CT molecular complexity index is 728. The summed E-state index contributed by atoms with van der Waals surface area (Å²) in [5, 5.41) is 24.5. The maximum atomic E-state index is 12.3. The van der Waals surface area contributed by atoms with E-state index in [0.717, 1.165) is 39.4 Å². The molecular weight excluding hydrogens is 376 g/mol. The summed E-state index contributed by atoms with van der Waals surface area (Å²) in [5.74, 6) is -0.115. The van der Waals surface area contributed by atoms with Crippen molar-refractivity contribution < 1.29 is 19.6 Å². The van der Waals surface area contributed by atoms with Crippen LogP contribution in [0, 0.1) is 17.0 Å². The standard InChI is InChI=1S/C20H30N4O5/c1-16-14-17(24(27)28)2-3-18(16)21-19(25)4-7-22-8-5-20(26,6-9-22)15-23-10-12-29-13-11-23/h2-3,14,26H,4-13,15H2,1H3,(H,21,25). The lowest BCUT2D eigenvalue weighted by Crippen LogP contribution is -2.53. The number of nitro groups is 1. The molecule has 2 N–H and O–H groups in total. The van der Waals surface area contributed by atoms with E-state index in [2.05, 4.69) is 15.1 Å². The molecule has 9 heteroatoms. The van der Waals surface area contributed by atoms with Crippen molar-refractivity contribution in [2.45, 2.75) is 31.8 Å². The van der Waals surface area contributed by atoms with E-state index in [9.17, 15) is 20.0 Å². The first kappa shape index (κ1) is 21.6. The predicted molar refractivity (Wildman–Crippen MR) is 109 cm³/mol. The molecule has 2 aliphatic heterocycles. The van der Waals surface area contributed by atoms with E-state index in [1.807, 2.05) is 0 Å². The van der Waals surface area contributed by atoms with Crippen LogP contribution in [0.4, 0.5) is 11.4 Å². The highest BCUT2D eigenvalue weighted by molar-refractivity contribution is 5.91. The summed E-state index contributed by atoms with van der Waals surface area (Å²) in [7, 11) is 0. The molecule has 160 valence electrons. The number of nitrogens with zero attached hydrogens (tertiary/aromatic N) is 3. The molecule has 0 saturated carbocycles. The van der Waals surface area contributed by atoms with Crippen molar-refractivity contribution in [3.05, 3.63) is 33.9 Å². The lowest BCUT2D eigenvalue weighted by atomic mass is 9.90. The zero-order chi connectivity index (χ0) is 20.9. The molecule has 0 radical (unpaired) electrons. The number of hydrogen-bond donors (Lipinski definition) is 2. The zero-order valence-corrected chi connectivity index (χ0v) is 16.9. The summed E-state index contributed by atoms with van der Waals surface area (Å²) in [6.07, 6.45) is 1.75. The topological polar surface area (TPSA) is 108 Å². The van der Waals surface area contributed by atoms with E-state index < -0.39 is 10.5 Å². The third-order valence-electron chi connectivity index (χ3n) is 5.76. The number of hydrogen-bond acceptors (Lipinski definition) is 7. The largest absolute Gasteiger partial charge is 0.388 e. The minimum atomic E-state index is -0.661. The lowest BCUT2D eigenvalue weighted by Gasteiger charge is -2.41. The van der Waals surface area contributed by atoms with Crippen LogP contribution in [0.1, 0.15) is 24.8 Å². The number of amides is 1. The van der Waals surface area contributed by atoms with Crippen molar-refractivity contribution >= 4 is 17.3 Å². The number of likely N-dealkylation sites (tertiary alicyclic amines) is 1. The molecule has 0 aliphatic carbocycles. The number of β-amino-alcohol motifs (C(OH)–C–C–N with tert-alkyl or cyclic N) is 1. The minimum absolute atomic E-state index is 0.0124. The van der Waals surface area contributed by atoms with E-state index >= 15 is 0 Å². The molecule has 1 amide bonds. The zero-order valence-electron chi connectivity index (χ0n) is 16.9. The molecule has 2 saturated heterocycles. The first-order valence-corrected chi connectivity index (χ1v) is 10.1. The predicted octanol–water partition coefficient (Wildman–Crippen LogP) is 1.39. The Balaban J connectivity index is 1.40. The number of piperidine rings is 1. The Labute approximate surface area is 170 Å². The van der Waals surface area contributed by atoms with Crippen LogP contribution in [0.5, 0.6) is 0 Å². The summed E-state index contributed by atoms with van der Waals surface area (Å²) in [6.45, 7) is 7.78. The number of morpholine rings is 1. The first-order valence-electron chi connectivity index (χ1n) is 10.1. The SMILES string of the molecule is Cc1cc([N+](=O)[O-])ccc1NC(=O)CCN1CCC(O)(CN2CCOCC2)CC1. The van der Waals surface area contributed by atoms with Crippen LogP contribution < -0.4 is 5.32 Å². The van der Waals surface area contributed by atoms with E-state index in [-0.39, 0.29) is 11.6 Å². The van der Waals surface area contributed by atoms with Gasteiger partial charge in [0.2, 0.25) is 5.91 Å². The third-order valence-corrected chi connectivity index (χ3v) is 5.76. The van der Waals surface area contributed by atoms with E-state index in [4.69, 9.17) is 4.74 Å². The van der Waals surface area contributed by atoms with E-state index in [0.29, 0.717) is 43.6 Å². The molecule has 0 atom stereocenters. The molecule has 2 heterocycles. The van der Waals surface area contributed by atoms with Crippen molar-refractivity contribution in [1.82, 2.24) is 9.80 Å². The normalized spacial score (nSPS) is 20.3. The molecule has 0 bridgehead atoms. The van der Waals surface area contributed by atoms with E-state index in [1.165, 1.54) is 12.1 Å². The van der Waals surface area contributed by atoms with Gasteiger partial charge in [-0.05, 0) is 31.4 Å². The smallest absolute Gasteiger partial charge is 0.269 e. The second-order valence-electron chi connectivity index (χ2n) is 8.01. The number of carbonyl (C=O) groups excluding carboxylic acids is 1. The highest BCUT2D eigenvalue weighted by Crippen LogP contribution is 2.24. The second-order valence-corrected chi connectivity index (χ2v) is 8.01. The molecule has 3 rings (SSSR count). The van der Waals surface area contributed by atoms with Crippen molar-refractivity contribution in [2.75, 3.05) is 57.8 Å². The average Bonchev–Trinajstić information content (AvgIpc) is 2.69. The number of anilines is 1. The molecule has 1 aromatic rings. The van der Waals surface area contributed by atoms with Gasteiger partial charge in [-0.25, -0.2) is 0 Å². The summed E-state index contributed by atoms with van der Waals surface area (Å²) < 4.78 is 5.36. The van der Waals surface area contributed by atoms with Crippen molar-refractivity contribution in [1.29, 1.82) is 0 Å². The molecule has 0 unspecified atom stereocenters. The average molecular weight is 406 g/mol. The quantitative estimate of drug-likeness (QED) is 0.520.